The highest BCUT2D eigenvalue weighted by atomic mass is 32.2. The van der Waals surface area contributed by atoms with Crippen LogP contribution in [0.4, 0.5) is 11.4 Å². The summed E-state index contributed by atoms with van der Waals surface area (Å²) >= 11 is 0. The Balaban J connectivity index is 1.79. The molecule has 172 valence electrons. The Bertz CT molecular complexity index is 1080. The number of nitrogens with zero attached hydrogens (tertiary/aromatic N) is 2. The quantitative estimate of drug-likeness (QED) is 0.465. The first-order chi connectivity index (χ1) is 15.3. The highest BCUT2D eigenvalue weighted by molar-refractivity contribution is 7.89. The lowest BCUT2D eigenvalue weighted by Crippen LogP contribution is -2.41. The number of carbonyl (C=O) groups excluding carboxylic acids is 1. The Kier molecular flexibility index (Phi) is 7.47. The van der Waals surface area contributed by atoms with Crippen molar-refractivity contribution in [3.63, 3.8) is 0 Å². The smallest absolute Gasteiger partial charge is 0.296 e. The Hall–Kier alpha value is -2.98. The molecule has 0 radical (unpaired) electrons. The number of anilines is 1. The minimum atomic E-state index is -3.68. The first kappa shape index (κ1) is 23.7. The minimum absolute atomic E-state index is 0.00246. The van der Waals surface area contributed by atoms with E-state index in [2.05, 4.69) is 5.32 Å². The van der Waals surface area contributed by atoms with Gasteiger partial charge in [0.2, 0.25) is 10.0 Å². The summed E-state index contributed by atoms with van der Waals surface area (Å²) in [5, 5.41) is 13.8. The third kappa shape index (κ3) is 5.08. The van der Waals surface area contributed by atoms with Gasteiger partial charge in [-0.1, -0.05) is 26.2 Å². The largest absolute Gasteiger partial charge is 0.496 e. The standard InChI is InChI=1S/C22H27N3O6S/c1-3-24(17-7-5-4-6-8-17)32(29,30)19-12-9-16(10-13-19)22(26)23-20-14-11-18(31-2)15-21(20)25(27)28/h9-15,17H,3-8H2,1-2H3,(H,23,26). The molecule has 0 atom stereocenters. The minimum Gasteiger partial charge on any atom is -0.496 e. The second-order valence-corrected chi connectivity index (χ2v) is 9.51. The lowest BCUT2D eigenvalue weighted by atomic mass is 9.95. The number of nitro benzene ring substituents is 1. The van der Waals surface area contributed by atoms with E-state index < -0.39 is 20.9 Å². The number of carbonyl (C=O) groups is 1. The number of rotatable bonds is 8. The second-order valence-electron chi connectivity index (χ2n) is 7.62. The molecule has 0 unspecified atom stereocenters. The van der Waals surface area contributed by atoms with Crippen molar-refractivity contribution >= 4 is 27.3 Å². The topological polar surface area (TPSA) is 119 Å². The Labute approximate surface area is 187 Å². The molecule has 0 heterocycles. The van der Waals surface area contributed by atoms with Gasteiger partial charge in [0.1, 0.15) is 11.4 Å². The lowest BCUT2D eigenvalue weighted by Gasteiger charge is -2.32. The molecule has 9 nitrogen and oxygen atoms in total. The molecule has 2 aromatic carbocycles. The molecule has 32 heavy (non-hydrogen) atoms. The van der Waals surface area contributed by atoms with Gasteiger partial charge in [-0.25, -0.2) is 8.42 Å². The average molecular weight is 462 g/mol. The molecule has 1 amide bonds. The number of sulfonamides is 1. The van der Waals surface area contributed by atoms with Crippen LogP contribution in [0.2, 0.25) is 0 Å². The van der Waals surface area contributed by atoms with Crippen molar-refractivity contribution in [3.05, 3.63) is 58.1 Å². The molecule has 0 aliphatic heterocycles. The summed E-state index contributed by atoms with van der Waals surface area (Å²) in [5.74, 6) is -0.287. The van der Waals surface area contributed by atoms with Gasteiger partial charge in [-0.15, -0.1) is 0 Å². The van der Waals surface area contributed by atoms with Crippen LogP contribution in [0.25, 0.3) is 0 Å². The van der Waals surface area contributed by atoms with Crippen molar-refractivity contribution in [2.75, 3.05) is 19.0 Å². The van der Waals surface area contributed by atoms with E-state index in [-0.39, 0.29) is 27.9 Å². The maximum Gasteiger partial charge on any atom is 0.296 e. The van der Waals surface area contributed by atoms with Gasteiger partial charge < -0.3 is 10.1 Å². The highest BCUT2D eigenvalue weighted by Crippen LogP contribution is 2.30. The fourth-order valence-electron chi connectivity index (χ4n) is 4.00. The van der Waals surface area contributed by atoms with E-state index >= 15 is 0 Å². The van der Waals surface area contributed by atoms with Gasteiger partial charge in [-0.2, -0.15) is 4.31 Å². The molecule has 1 N–H and O–H groups in total. The van der Waals surface area contributed by atoms with E-state index in [0.29, 0.717) is 12.3 Å². The van der Waals surface area contributed by atoms with Gasteiger partial charge in [-0.3, -0.25) is 14.9 Å². The maximum atomic E-state index is 13.2. The van der Waals surface area contributed by atoms with Crippen LogP contribution in [-0.2, 0) is 10.0 Å². The summed E-state index contributed by atoms with van der Waals surface area (Å²) in [7, 11) is -2.29. The summed E-state index contributed by atoms with van der Waals surface area (Å²) in [5.41, 5.74) is -0.0929. The van der Waals surface area contributed by atoms with E-state index in [0.717, 1.165) is 32.1 Å². The number of amides is 1. The number of benzene rings is 2. The van der Waals surface area contributed by atoms with Crippen LogP contribution in [-0.4, -0.2) is 43.2 Å². The van der Waals surface area contributed by atoms with Crippen LogP contribution in [0, 0.1) is 10.1 Å². The SMILES string of the molecule is CCN(C1CCCCC1)S(=O)(=O)c1ccc(C(=O)Nc2ccc(OC)cc2[N+](=O)[O-])cc1. The predicted octanol–water partition coefficient (Wildman–Crippen LogP) is 4.20. The van der Waals surface area contributed by atoms with Crippen molar-refractivity contribution in [2.24, 2.45) is 0 Å². The van der Waals surface area contributed by atoms with Crippen LogP contribution < -0.4 is 10.1 Å². The van der Waals surface area contributed by atoms with E-state index in [1.165, 1.54) is 49.6 Å². The van der Waals surface area contributed by atoms with Crippen LogP contribution in [0.3, 0.4) is 0 Å². The average Bonchev–Trinajstić information content (AvgIpc) is 2.80. The zero-order valence-electron chi connectivity index (χ0n) is 18.1. The van der Waals surface area contributed by atoms with Gasteiger partial charge in [0.25, 0.3) is 11.6 Å². The molecule has 1 aliphatic rings. The van der Waals surface area contributed by atoms with Crippen LogP contribution in [0.1, 0.15) is 49.4 Å². The number of hydrogen-bond donors (Lipinski definition) is 1. The number of nitrogens with one attached hydrogen (secondary N) is 1. The fraction of sp³-hybridized carbons (Fsp3) is 0.409. The molecule has 0 saturated heterocycles. The third-order valence-corrected chi connectivity index (χ3v) is 7.71. The first-order valence-electron chi connectivity index (χ1n) is 10.5. The van der Waals surface area contributed by atoms with Gasteiger partial charge in [0.05, 0.1) is 23.0 Å². The molecule has 0 aromatic heterocycles. The van der Waals surface area contributed by atoms with Crippen molar-refractivity contribution in [3.8, 4) is 5.75 Å². The van der Waals surface area contributed by atoms with Crippen molar-refractivity contribution < 1.29 is 22.9 Å². The molecule has 2 aromatic rings. The Morgan fingerprint density at radius 3 is 2.38 bits per heavy atom. The predicted molar refractivity (Wildman–Crippen MR) is 120 cm³/mol. The summed E-state index contributed by atoms with van der Waals surface area (Å²) < 4.78 is 32.8. The van der Waals surface area contributed by atoms with Gasteiger partial charge in [-0.05, 0) is 49.2 Å². The maximum absolute atomic E-state index is 13.2. The lowest BCUT2D eigenvalue weighted by molar-refractivity contribution is -0.384. The van der Waals surface area contributed by atoms with Crippen LogP contribution in [0.15, 0.2) is 47.4 Å². The monoisotopic (exact) mass is 461 g/mol. The molecule has 0 spiro atoms. The number of ether oxygens (including phenoxy) is 1. The number of methoxy groups -OCH3 is 1. The Morgan fingerprint density at radius 1 is 1.16 bits per heavy atom. The normalized spacial score (nSPS) is 14.8. The summed E-state index contributed by atoms with van der Waals surface area (Å²) in [6.07, 6.45) is 4.88. The first-order valence-corrected chi connectivity index (χ1v) is 12.0. The van der Waals surface area contributed by atoms with Gasteiger partial charge in [0, 0.05) is 18.2 Å². The summed E-state index contributed by atoms with van der Waals surface area (Å²) in [6.45, 7) is 2.21. The van der Waals surface area contributed by atoms with E-state index in [4.69, 9.17) is 4.74 Å². The summed E-state index contributed by atoms with van der Waals surface area (Å²) in [6, 6.07) is 9.72. The molecular formula is C22H27N3O6S. The van der Waals surface area contributed by atoms with Crippen LogP contribution in [0.5, 0.6) is 5.75 Å². The zero-order chi connectivity index (χ0) is 23.3. The van der Waals surface area contributed by atoms with Crippen molar-refractivity contribution in [1.82, 2.24) is 4.31 Å². The molecule has 0 bridgehead atoms. The molecule has 10 heteroatoms. The van der Waals surface area contributed by atoms with Gasteiger partial charge >= 0.3 is 0 Å². The van der Waals surface area contributed by atoms with Gasteiger partial charge in [0.15, 0.2) is 0 Å². The van der Waals surface area contributed by atoms with E-state index in [1.54, 1.807) is 4.31 Å². The molecule has 1 fully saturated rings. The summed E-state index contributed by atoms with van der Waals surface area (Å²) in [4.78, 5) is 23.4. The number of nitro groups is 1. The zero-order valence-corrected chi connectivity index (χ0v) is 18.9. The van der Waals surface area contributed by atoms with E-state index in [1.807, 2.05) is 6.92 Å². The number of hydrogen-bond acceptors (Lipinski definition) is 6. The van der Waals surface area contributed by atoms with E-state index in [9.17, 15) is 23.3 Å². The molecular weight excluding hydrogens is 434 g/mol. The van der Waals surface area contributed by atoms with Crippen molar-refractivity contribution in [2.45, 2.75) is 50.0 Å². The van der Waals surface area contributed by atoms with Crippen molar-refractivity contribution in [1.29, 1.82) is 0 Å². The second kappa shape index (κ2) is 10.1. The molecule has 1 saturated carbocycles. The molecule has 3 rings (SSSR count). The fourth-order valence-corrected chi connectivity index (χ4v) is 5.69. The Morgan fingerprint density at radius 2 is 1.81 bits per heavy atom. The molecule has 1 aliphatic carbocycles. The highest BCUT2D eigenvalue weighted by Gasteiger charge is 2.31. The third-order valence-electron chi connectivity index (χ3n) is 5.67. The van der Waals surface area contributed by atoms with Crippen LogP contribution >= 0.6 is 0 Å².